The van der Waals surface area contributed by atoms with Gasteiger partial charge in [-0.2, -0.15) is 13.2 Å². The summed E-state index contributed by atoms with van der Waals surface area (Å²) < 4.78 is 38.8. The average Bonchev–Trinajstić information content (AvgIpc) is 3.12. The lowest BCUT2D eigenvalue weighted by molar-refractivity contribution is -0.158. The molecule has 112 valence electrons. The zero-order chi connectivity index (χ0) is 15.2. The number of aromatic nitrogens is 1. The highest BCUT2D eigenvalue weighted by molar-refractivity contribution is 5.98. The Bertz CT molecular complexity index is 686. The molecule has 0 bridgehead atoms. The molecule has 3 rings (SSSR count). The smallest absolute Gasteiger partial charge is 0.350 e. The summed E-state index contributed by atoms with van der Waals surface area (Å²) in [7, 11) is 0. The first-order valence-electron chi connectivity index (χ1n) is 6.82. The zero-order valence-corrected chi connectivity index (χ0v) is 11.4. The predicted molar refractivity (Wildman–Crippen MR) is 73.1 cm³/mol. The maximum Gasteiger partial charge on any atom is 0.408 e. The molecule has 1 amide bonds. The van der Waals surface area contributed by atoms with E-state index in [1.54, 1.807) is 6.07 Å². The van der Waals surface area contributed by atoms with Crippen LogP contribution in [-0.2, 0) is 0 Å². The molecule has 1 aromatic heterocycles. The van der Waals surface area contributed by atoms with Crippen molar-refractivity contribution in [1.29, 1.82) is 0 Å². The van der Waals surface area contributed by atoms with Crippen LogP contribution in [0.5, 0.6) is 0 Å². The summed E-state index contributed by atoms with van der Waals surface area (Å²) in [5.41, 5.74) is 1.88. The van der Waals surface area contributed by atoms with Gasteiger partial charge < -0.3 is 10.3 Å². The second kappa shape index (κ2) is 4.79. The number of H-pyrrole nitrogens is 1. The second-order valence-electron chi connectivity index (χ2n) is 5.55. The lowest BCUT2D eigenvalue weighted by Gasteiger charge is -2.20. The summed E-state index contributed by atoms with van der Waals surface area (Å²) in [5.74, 6) is -1.19. The molecule has 1 heterocycles. The molecule has 3 nitrogen and oxygen atoms in total. The molecule has 2 N–H and O–H groups in total. The number of hydrogen-bond donors (Lipinski definition) is 2. The van der Waals surface area contributed by atoms with Gasteiger partial charge in [0.15, 0.2) is 0 Å². The normalized spacial score (nSPS) is 17.0. The number of halogens is 3. The molecule has 0 spiro atoms. The lowest BCUT2D eigenvalue weighted by Crippen LogP contribution is -2.47. The van der Waals surface area contributed by atoms with E-state index < -0.39 is 24.0 Å². The van der Waals surface area contributed by atoms with E-state index >= 15 is 0 Å². The SMILES string of the molecule is Cc1cccc2cc(C(=O)NC(C3CC3)C(F)(F)F)[nH]c12. The van der Waals surface area contributed by atoms with Gasteiger partial charge in [0.05, 0.1) is 0 Å². The van der Waals surface area contributed by atoms with Gasteiger partial charge in [-0.1, -0.05) is 18.2 Å². The Kier molecular flexibility index (Phi) is 3.19. The third-order valence-corrected chi connectivity index (χ3v) is 3.84. The van der Waals surface area contributed by atoms with Gasteiger partial charge >= 0.3 is 6.18 Å². The van der Waals surface area contributed by atoms with E-state index in [9.17, 15) is 18.0 Å². The predicted octanol–water partition coefficient (Wildman–Crippen LogP) is 3.55. The number of amides is 1. The van der Waals surface area contributed by atoms with Crippen molar-refractivity contribution in [2.24, 2.45) is 5.92 Å². The first kappa shape index (κ1) is 14.0. The summed E-state index contributed by atoms with van der Waals surface area (Å²) in [6, 6.07) is 5.37. The van der Waals surface area contributed by atoms with E-state index in [2.05, 4.69) is 10.3 Å². The van der Waals surface area contributed by atoms with Crippen molar-refractivity contribution < 1.29 is 18.0 Å². The molecule has 6 heteroatoms. The van der Waals surface area contributed by atoms with Gasteiger partial charge in [0.25, 0.3) is 5.91 Å². The van der Waals surface area contributed by atoms with Crippen molar-refractivity contribution in [3.8, 4) is 0 Å². The summed E-state index contributed by atoms with van der Waals surface area (Å²) in [5, 5.41) is 2.94. The highest BCUT2D eigenvalue weighted by Crippen LogP contribution is 2.40. The number of alkyl halides is 3. The number of aromatic amines is 1. The highest BCUT2D eigenvalue weighted by Gasteiger charge is 2.49. The second-order valence-corrected chi connectivity index (χ2v) is 5.55. The van der Waals surface area contributed by atoms with Crippen LogP contribution in [0.25, 0.3) is 10.9 Å². The third-order valence-electron chi connectivity index (χ3n) is 3.84. The molecule has 1 aliphatic carbocycles. The number of fused-ring (bicyclic) bond motifs is 1. The van der Waals surface area contributed by atoms with Crippen molar-refractivity contribution in [3.05, 3.63) is 35.5 Å². The van der Waals surface area contributed by atoms with E-state index in [0.717, 1.165) is 16.5 Å². The van der Waals surface area contributed by atoms with Gasteiger partial charge in [0.1, 0.15) is 11.7 Å². The maximum atomic E-state index is 12.9. The minimum absolute atomic E-state index is 0.161. The Balaban J connectivity index is 1.85. The number of carbonyl (C=O) groups is 1. The molecule has 1 saturated carbocycles. The number of carbonyl (C=O) groups excluding carboxylic acids is 1. The molecule has 1 fully saturated rings. The van der Waals surface area contributed by atoms with Crippen LogP contribution in [0.3, 0.4) is 0 Å². The fourth-order valence-electron chi connectivity index (χ4n) is 2.55. The fourth-order valence-corrected chi connectivity index (χ4v) is 2.55. The number of para-hydroxylation sites is 1. The Labute approximate surface area is 119 Å². The molecule has 0 aliphatic heterocycles. The zero-order valence-electron chi connectivity index (χ0n) is 11.4. The van der Waals surface area contributed by atoms with Crippen LogP contribution in [0.15, 0.2) is 24.3 Å². The molecule has 21 heavy (non-hydrogen) atoms. The minimum atomic E-state index is -4.40. The number of benzene rings is 1. The van der Waals surface area contributed by atoms with Gasteiger partial charge in [-0.05, 0) is 37.3 Å². The molecular weight excluding hydrogens is 281 g/mol. The number of rotatable bonds is 3. The van der Waals surface area contributed by atoms with Crippen LogP contribution in [0, 0.1) is 12.8 Å². The molecule has 1 unspecified atom stereocenters. The molecule has 2 aromatic rings. The van der Waals surface area contributed by atoms with E-state index in [4.69, 9.17) is 0 Å². The van der Waals surface area contributed by atoms with Gasteiger partial charge in [-0.25, -0.2) is 0 Å². The standard InChI is InChI=1S/C15H15F3N2O/c1-8-3-2-4-10-7-11(19-12(8)10)14(21)20-13(9-5-6-9)15(16,17)18/h2-4,7,9,13,19H,5-6H2,1H3,(H,20,21). The average molecular weight is 296 g/mol. The number of hydrogen-bond acceptors (Lipinski definition) is 1. The van der Waals surface area contributed by atoms with Crippen LogP contribution < -0.4 is 5.32 Å². The van der Waals surface area contributed by atoms with Crippen LogP contribution >= 0.6 is 0 Å². The van der Waals surface area contributed by atoms with Crippen molar-refractivity contribution in [2.45, 2.75) is 32.0 Å². The fraction of sp³-hybridized carbons (Fsp3) is 0.400. The van der Waals surface area contributed by atoms with E-state index in [1.165, 1.54) is 0 Å². The summed E-state index contributed by atoms with van der Waals surface area (Å²) >= 11 is 0. The molecule has 1 aromatic carbocycles. The Morgan fingerprint density at radius 2 is 2.10 bits per heavy atom. The summed E-state index contributed by atoms with van der Waals surface area (Å²) in [6.07, 6.45) is -3.38. The molecular formula is C15H15F3N2O. The number of nitrogens with one attached hydrogen (secondary N) is 2. The molecule has 1 atom stereocenters. The first-order chi connectivity index (χ1) is 9.86. The lowest BCUT2D eigenvalue weighted by atomic mass is 10.1. The van der Waals surface area contributed by atoms with Crippen LogP contribution in [0.2, 0.25) is 0 Å². The van der Waals surface area contributed by atoms with Crippen LogP contribution in [0.1, 0.15) is 28.9 Å². The number of aryl methyl sites for hydroxylation is 1. The quantitative estimate of drug-likeness (QED) is 0.894. The third kappa shape index (κ3) is 2.75. The van der Waals surface area contributed by atoms with Crippen LogP contribution in [0.4, 0.5) is 13.2 Å². The Hall–Kier alpha value is -1.98. The van der Waals surface area contributed by atoms with Crippen LogP contribution in [-0.4, -0.2) is 23.1 Å². The molecule has 1 aliphatic rings. The van der Waals surface area contributed by atoms with Gasteiger partial charge in [0.2, 0.25) is 0 Å². The summed E-state index contributed by atoms with van der Waals surface area (Å²) in [6.45, 7) is 1.88. The Morgan fingerprint density at radius 1 is 1.38 bits per heavy atom. The van der Waals surface area contributed by atoms with Crippen molar-refractivity contribution in [2.75, 3.05) is 0 Å². The van der Waals surface area contributed by atoms with E-state index in [-0.39, 0.29) is 5.69 Å². The Morgan fingerprint density at radius 3 is 2.67 bits per heavy atom. The monoisotopic (exact) mass is 296 g/mol. The van der Waals surface area contributed by atoms with Gasteiger partial charge in [-0.3, -0.25) is 4.79 Å². The molecule has 0 saturated heterocycles. The summed E-state index contributed by atoms with van der Waals surface area (Å²) in [4.78, 5) is 15.0. The van der Waals surface area contributed by atoms with Gasteiger partial charge in [-0.15, -0.1) is 0 Å². The van der Waals surface area contributed by atoms with Crippen molar-refractivity contribution in [3.63, 3.8) is 0 Å². The largest absolute Gasteiger partial charge is 0.408 e. The van der Waals surface area contributed by atoms with E-state index in [0.29, 0.717) is 12.8 Å². The maximum absolute atomic E-state index is 12.9. The van der Waals surface area contributed by atoms with Crippen molar-refractivity contribution >= 4 is 16.8 Å². The topological polar surface area (TPSA) is 44.9 Å². The van der Waals surface area contributed by atoms with E-state index in [1.807, 2.05) is 25.1 Å². The minimum Gasteiger partial charge on any atom is -0.350 e. The van der Waals surface area contributed by atoms with Gasteiger partial charge in [0, 0.05) is 10.9 Å². The first-order valence-corrected chi connectivity index (χ1v) is 6.82. The highest BCUT2D eigenvalue weighted by atomic mass is 19.4. The molecule has 0 radical (unpaired) electrons. The van der Waals surface area contributed by atoms with Crippen molar-refractivity contribution in [1.82, 2.24) is 10.3 Å².